The number of rotatable bonds is 5. The first kappa shape index (κ1) is 21.1. The Balaban J connectivity index is 1.59. The summed E-state index contributed by atoms with van der Waals surface area (Å²) in [5.41, 5.74) is 7.29. The predicted molar refractivity (Wildman–Crippen MR) is 119 cm³/mol. The summed E-state index contributed by atoms with van der Waals surface area (Å²) >= 11 is 0. The molecule has 0 fully saturated rings. The number of carbonyl (C=O) groups is 2. The first-order valence-corrected chi connectivity index (χ1v) is 10.5. The van der Waals surface area contributed by atoms with E-state index in [1.165, 1.54) is 16.7 Å². The molecule has 0 spiro atoms. The standard InChI is InChI=1S/C24H27N3O4/c1-13-9-16(26-24(30)23-25-12-21(29)27-23)10-14(2)18(13)11-15-7-8-19(28)22-17(15)5-4-6-20(22)31-3/h7-10,20,28H,4-6,11-12H2,1-3H3,(H,26,30)(H,25,27,29)/t20-/m1/s1. The minimum Gasteiger partial charge on any atom is -0.508 e. The number of hydrogen-bond donors (Lipinski definition) is 3. The summed E-state index contributed by atoms with van der Waals surface area (Å²) in [5.74, 6) is -0.345. The number of aryl methyl sites for hydroxylation is 2. The van der Waals surface area contributed by atoms with Crippen molar-refractivity contribution in [3.63, 3.8) is 0 Å². The SMILES string of the molecule is CO[C@@H]1CCCc2c(Cc3c(C)cc(NC(=O)C4=NCC(=O)N4)cc3C)ccc(O)c21. The number of aliphatic imine (C=N–C) groups is 1. The monoisotopic (exact) mass is 421 g/mol. The van der Waals surface area contributed by atoms with Crippen molar-refractivity contribution in [2.75, 3.05) is 19.0 Å². The maximum atomic E-state index is 12.3. The Hall–Kier alpha value is -3.19. The van der Waals surface area contributed by atoms with Crippen LogP contribution in [0.1, 0.15) is 52.3 Å². The van der Waals surface area contributed by atoms with Crippen LogP contribution in [0.5, 0.6) is 5.75 Å². The van der Waals surface area contributed by atoms with Gasteiger partial charge in [-0.15, -0.1) is 0 Å². The number of carbonyl (C=O) groups excluding carboxylic acids is 2. The van der Waals surface area contributed by atoms with Crippen molar-refractivity contribution in [3.8, 4) is 5.75 Å². The van der Waals surface area contributed by atoms with Crippen LogP contribution in [0, 0.1) is 13.8 Å². The molecular formula is C24H27N3O4. The largest absolute Gasteiger partial charge is 0.508 e. The summed E-state index contributed by atoms with van der Waals surface area (Å²) in [5, 5.41) is 15.7. The first-order valence-electron chi connectivity index (χ1n) is 10.5. The minimum atomic E-state index is -0.421. The third kappa shape index (κ3) is 4.18. The number of fused-ring (bicyclic) bond motifs is 1. The van der Waals surface area contributed by atoms with Crippen LogP contribution in [-0.2, 0) is 27.2 Å². The van der Waals surface area contributed by atoms with Gasteiger partial charge in [0, 0.05) is 18.4 Å². The lowest BCUT2D eigenvalue weighted by Crippen LogP contribution is -2.35. The molecule has 2 amide bonds. The van der Waals surface area contributed by atoms with Crippen LogP contribution in [0.4, 0.5) is 5.69 Å². The molecule has 1 heterocycles. The Kier molecular flexibility index (Phi) is 5.78. The Bertz CT molecular complexity index is 1070. The molecule has 1 aliphatic heterocycles. The number of anilines is 1. The molecule has 0 saturated carbocycles. The number of hydrogen-bond acceptors (Lipinski definition) is 5. The van der Waals surface area contributed by atoms with E-state index in [0.29, 0.717) is 11.4 Å². The van der Waals surface area contributed by atoms with Gasteiger partial charge in [-0.1, -0.05) is 6.07 Å². The van der Waals surface area contributed by atoms with Gasteiger partial charge in [0.1, 0.15) is 12.3 Å². The number of benzene rings is 2. The second-order valence-electron chi connectivity index (χ2n) is 8.19. The van der Waals surface area contributed by atoms with Gasteiger partial charge in [-0.3, -0.25) is 14.6 Å². The molecule has 2 aromatic carbocycles. The highest BCUT2D eigenvalue weighted by Crippen LogP contribution is 2.40. The van der Waals surface area contributed by atoms with E-state index in [1.807, 2.05) is 32.0 Å². The molecule has 31 heavy (non-hydrogen) atoms. The zero-order valence-corrected chi connectivity index (χ0v) is 18.0. The van der Waals surface area contributed by atoms with E-state index in [2.05, 4.69) is 15.6 Å². The number of ether oxygens (including phenoxy) is 1. The molecule has 0 saturated heterocycles. The summed E-state index contributed by atoms with van der Waals surface area (Å²) in [4.78, 5) is 27.5. The molecule has 2 aromatic rings. The lowest BCUT2D eigenvalue weighted by molar-refractivity contribution is -0.118. The molecule has 4 rings (SSSR count). The molecule has 0 bridgehead atoms. The van der Waals surface area contributed by atoms with Gasteiger partial charge in [-0.2, -0.15) is 0 Å². The van der Waals surface area contributed by atoms with Gasteiger partial charge < -0.3 is 20.5 Å². The van der Waals surface area contributed by atoms with Gasteiger partial charge in [0.15, 0.2) is 5.84 Å². The smallest absolute Gasteiger partial charge is 0.291 e. The number of methoxy groups -OCH3 is 1. The number of amidine groups is 1. The van der Waals surface area contributed by atoms with E-state index in [-0.39, 0.29) is 24.4 Å². The zero-order valence-electron chi connectivity index (χ0n) is 18.0. The van der Waals surface area contributed by atoms with Gasteiger partial charge in [0.25, 0.3) is 5.91 Å². The van der Waals surface area contributed by atoms with Crippen LogP contribution in [0.15, 0.2) is 29.3 Å². The van der Waals surface area contributed by atoms with Gasteiger partial charge in [0.2, 0.25) is 5.91 Å². The summed E-state index contributed by atoms with van der Waals surface area (Å²) in [7, 11) is 1.69. The highest BCUT2D eigenvalue weighted by molar-refractivity contribution is 6.45. The van der Waals surface area contributed by atoms with Crippen molar-refractivity contribution >= 4 is 23.3 Å². The molecule has 7 nitrogen and oxygen atoms in total. The molecule has 1 aliphatic carbocycles. The van der Waals surface area contributed by atoms with Crippen molar-refractivity contribution in [2.45, 2.75) is 45.6 Å². The van der Waals surface area contributed by atoms with Crippen molar-refractivity contribution in [2.24, 2.45) is 4.99 Å². The normalized spacial score (nSPS) is 17.7. The molecule has 1 atom stereocenters. The number of phenolic OH excluding ortho intramolecular Hbond substituents is 1. The fourth-order valence-electron chi connectivity index (χ4n) is 4.58. The zero-order chi connectivity index (χ0) is 22.1. The number of nitrogens with one attached hydrogen (secondary N) is 2. The molecule has 162 valence electrons. The predicted octanol–water partition coefficient (Wildman–Crippen LogP) is 3.09. The van der Waals surface area contributed by atoms with E-state index in [4.69, 9.17) is 4.74 Å². The molecule has 7 heteroatoms. The summed E-state index contributed by atoms with van der Waals surface area (Å²) in [6.45, 7) is 4.04. The third-order valence-corrected chi connectivity index (χ3v) is 6.11. The lowest BCUT2D eigenvalue weighted by atomic mass is 9.83. The second kappa shape index (κ2) is 8.51. The highest BCUT2D eigenvalue weighted by Gasteiger charge is 2.26. The molecule has 0 aromatic heterocycles. The first-order chi connectivity index (χ1) is 14.9. The second-order valence-corrected chi connectivity index (χ2v) is 8.19. The van der Waals surface area contributed by atoms with E-state index in [1.54, 1.807) is 13.2 Å². The number of nitrogens with zero attached hydrogens (tertiary/aromatic N) is 1. The van der Waals surface area contributed by atoms with Gasteiger partial charge in [0.05, 0.1) is 6.10 Å². The topological polar surface area (TPSA) is 100 Å². The summed E-state index contributed by atoms with van der Waals surface area (Å²) in [6, 6.07) is 7.63. The van der Waals surface area contributed by atoms with Gasteiger partial charge in [-0.25, -0.2) is 0 Å². The van der Waals surface area contributed by atoms with E-state index >= 15 is 0 Å². The highest BCUT2D eigenvalue weighted by atomic mass is 16.5. The molecule has 0 radical (unpaired) electrons. The van der Waals surface area contributed by atoms with Crippen molar-refractivity contribution < 1.29 is 19.4 Å². The molecule has 2 aliphatic rings. The van der Waals surface area contributed by atoms with Crippen LogP contribution >= 0.6 is 0 Å². The Morgan fingerprint density at radius 1 is 1.29 bits per heavy atom. The Morgan fingerprint density at radius 2 is 2.03 bits per heavy atom. The van der Waals surface area contributed by atoms with Crippen LogP contribution < -0.4 is 10.6 Å². The lowest BCUT2D eigenvalue weighted by Gasteiger charge is -2.27. The van der Waals surface area contributed by atoms with Crippen LogP contribution in [-0.4, -0.2) is 36.4 Å². The summed E-state index contributed by atoms with van der Waals surface area (Å²) in [6.07, 6.45) is 3.55. The molecule has 0 unspecified atom stereocenters. The van der Waals surface area contributed by atoms with Crippen molar-refractivity contribution in [1.82, 2.24) is 5.32 Å². The minimum absolute atomic E-state index is 0.0133. The quantitative estimate of drug-likeness (QED) is 0.691. The third-order valence-electron chi connectivity index (χ3n) is 6.11. The van der Waals surface area contributed by atoms with E-state index in [0.717, 1.165) is 42.4 Å². The van der Waals surface area contributed by atoms with Crippen molar-refractivity contribution in [3.05, 3.63) is 57.6 Å². The fraction of sp³-hybridized carbons (Fsp3) is 0.375. The van der Waals surface area contributed by atoms with Gasteiger partial charge >= 0.3 is 0 Å². The average Bonchev–Trinajstić information content (AvgIpc) is 3.18. The number of phenols is 1. The number of aromatic hydroxyl groups is 1. The molecule has 3 N–H and O–H groups in total. The molecular weight excluding hydrogens is 394 g/mol. The average molecular weight is 421 g/mol. The maximum Gasteiger partial charge on any atom is 0.291 e. The van der Waals surface area contributed by atoms with Crippen LogP contribution in [0.3, 0.4) is 0 Å². The van der Waals surface area contributed by atoms with Gasteiger partial charge in [-0.05, 0) is 85.5 Å². The van der Waals surface area contributed by atoms with E-state index < -0.39 is 5.91 Å². The summed E-state index contributed by atoms with van der Waals surface area (Å²) < 4.78 is 5.62. The van der Waals surface area contributed by atoms with Crippen LogP contribution in [0.2, 0.25) is 0 Å². The maximum absolute atomic E-state index is 12.3. The number of amides is 2. The van der Waals surface area contributed by atoms with E-state index in [9.17, 15) is 14.7 Å². The van der Waals surface area contributed by atoms with Crippen LogP contribution in [0.25, 0.3) is 0 Å². The Morgan fingerprint density at radius 3 is 2.68 bits per heavy atom. The Labute approximate surface area is 181 Å². The van der Waals surface area contributed by atoms with Crippen molar-refractivity contribution in [1.29, 1.82) is 0 Å². The fourth-order valence-corrected chi connectivity index (χ4v) is 4.58.